The Kier molecular flexibility index (Phi) is 6.99. The maximum absolute atomic E-state index is 12.0. The Hall–Kier alpha value is -1.64. The second-order valence-electron chi connectivity index (χ2n) is 5.37. The highest BCUT2D eigenvalue weighted by atomic mass is 16.5. The molecule has 2 atom stereocenters. The van der Waals surface area contributed by atoms with Crippen LogP contribution in [0.2, 0.25) is 0 Å². The Balaban J connectivity index is 2.30. The predicted molar refractivity (Wildman–Crippen MR) is 79.3 cm³/mol. The third kappa shape index (κ3) is 5.55. The first-order valence-electron chi connectivity index (χ1n) is 7.19. The zero-order chi connectivity index (χ0) is 15.0. The summed E-state index contributed by atoms with van der Waals surface area (Å²) in [5.41, 5.74) is 1.26. The molecule has 0 aliphatic heterocycles. The Bertz CT molecular complexity index is 425. The van der Waals surface area contributed by atoms with Crippen LogP contribution in [0.4, 0.5) is 0 Å². The minimum Gasteiger partial charge on any atom is -0.469 e. The summed E-state index contributed by atoms with van der Waals surface area (Å²) in [7, 11) is 1.38. The van der Waals surface area contributed by atoms with E-state index >= 15 is 0 Å². The summed E-state index contributed by atoms with van der Waals surface area (Å²) in [5.74, 6) is -0.307. The van der Waals surface area contributed by atoms with Crippen LogP contribution in [-0.2, 0) is 20.7 Å². The van der Waals surface area contributed by atoms with E-state index in [9.17, 15) is 9.59 Å². The normalized spacial score (nSPS) is 13.6. The molecular formula is C17H24O3. The largest absolute Gasteiger partial charge is 0.469 e. The fourth-order valence-corrected chi connectivity index (χ4v) is 2.32. The molecule has 0 fully saturated rings. The summed E-state index contributed by atoms with van der Waals surface area (Å²) >= 11 is 0. The summed E-state index contributed by atoms with van der Waals surface area (Å²) in [5, 5.41) is 0. The molecule has 3 heteroatoms. The van der Waals surface area contributed by atoms with Crippen molar-refractivity contribution in [3.63, 3.8) is 0 Å². The minimum atomic E-state index is -0.242. The molecule has 0 amide bonds. The molecule has 0 N–H and O–H groups in total. The van der Waals surface area contributed by atoms with Crippen molar-refractivity contribution in [1.82, 2.24) is 0 Å². The lowest BCUT2D eigenvalue weighted by Crippen LogP contribution is -2.20. The third-order valence-corrected chi connectivity index (χ3v) is 3.59. The average molecular weight is 276 g/mol. The Morgan fingerprint density at radius 3 is 2.35 bits per heavy atom. The van der Waals surface area contributed by atoms with Crippen LogP contribution < -0.4 is 0 Å². The molecule has 0 radical (unpaired) electrons. The smallest absolute Gasteiger partial charge is 0.308 e. The van der Waals surface area contributed by atoms with Crippen LogP contribution >= 0.6 is 0 Å². The lowest BCUT2D eigenvalue weighted by atomic mass is 9.91. The second-order valence-corrected chi connectivity index (χ2v) is 5.37. The van der Waals surface area contributed by atoms with Gasteiger partial charge in [-0.2, -0.15) is 0 Å². The van der Waals surface area contributed by atoms with Crippen molar-refractivity contribution in [2.75, 3.05) is 7.11 Å². The van der Waals surface area contributed by atoms with Crippen molar-refractivity contribution in [3.05, 3.63) is 35.9 Å². The van der Waals surface area contributed by atoms with E-state index in [4.69, 9.17) is 0 Å². The Morgan fingerprint density at radius 2 is 1.75 bits per heavy atom. The topological polar surface area (TPSA) is 43.4 Å². The van der Waals surface area contributed by atoms with E-state index in [1.165, 1.54) is 12.7 Å². The number of ketones is 1. The molecule has 0 saturated carbocycles. The van der Waals surface area contributed by atoms with E-state index in [2.05, 4.69) is 16.9 Å². The number of hydrogen-bond acceptors (Lipinski definition) is 3. The number of esters is 1. The number of methoxy groups -OCH3 is 1. The third-order valence-electron chi connectivity index (χ3n) is 3.59. The maximum atomic E-state index is 12.0. The van der Waals surface area contributed by atoms with Gasteiger partial charge in [-0.1, -0.05) is 44.2 Å². The molecule has 0 aliphatic carbocycles. The van der Waals surface area contributed by atoms with Gasteiger partial charge in [-0.15, -0.1) is 0 Å². The molecule has 3 nitrogen and oxygen atoms in total. The predicted octanol–water partition coefficient (Wildman–Crippen LogP) is 3.41. The van der Waals surface area contributed by atoms with E-state index in [0.29, 0.717) is 12.8 Å². The molecule has 110 valence electrons. The van der Waals surface area contributed by atoms with Gasteiger partial charge in [0.2, 0.25) is 0 Å². The van der Waals surface area contributed by atoms with Gasteiger partial charge in [-0.25, -0.2) is 0 Å². The number of carbonyl (C=O) groups excluding carboxylic acids is 2. The van der Waals surface area contributed by atoms with Crippen molar-refractivity contribution in [2.45, 2.75) is 39.5 Å². The quantitative estimate of drug-likeness (QED) is 0.683. The molecule has 1 rings (SSSR count). The molecule has 0 saturated heterocycles. The van der Waals surface area contributed by atoms with Gasteiger partial charge in [-0.3, -0.25) is 9.59 Å². The van der Waals surface area contributed by atoms with Crippen molar-refractivity contribution >= 4 is 11.8 Å². The molecule has 0 aromatic heterocycles. The first-order valence-corrected chi connectivity index (χ1v) is 7.19. The first kappa shape index (κ1) is 16.4. The van der Waals surface area contributed by atoms with Crippen molar-refractivity contribution in [2.24, 2.45) is 11.8 Å². The number of aryl methyl sites for hydroxylation is 1. The first-order chi connectivity index (χ1) is 9.54. The average Bonchev–Trinajstić information content (AvgIpc) is 2.47. The number of benzene rings is 1. The van der Waals surface area contributed by atoms with Crippen LogP contribution in [0.3, 0.4) is 0 Å². The highest BCUT2D eigenvalue weighted by molar-refractivity contribution is 5.81. The minimum absolute atomic E-state index is 0.0835. The highest BCUT2D eigenvalue weighted by Crippen LogP contribution is 2.17. The summed E-state index contributed by atoms with van der Waals surface area (Å²) in [4.78, 5) is 23.4. The molecule has 20 heavy (non-hydrogen) atoms. The SMILES string of the molecule is COC(=O)[C@H](C)C[C@H](C)C(=O)CCCc1ccccc1. The van der Waals surface area contributed by atoms with Crippen molar-refractivity contribution < 1.29 is 14.3 Å². The summed E-state index contributed by atoms with van der Waals surface area (Å²) in [6, 6.07) is 10.2. The van der Waals surface area contributed by atoms with Crippen LogP contribution in [-0.4, -0.2) is 18.9 Å². The van der Waals surface area contributed by atoms with Crippen LogP contribution in [0.5, 0.6) is 0 Å². The second kappa shape index (κ2) is 8.51. The van der Waals surface area contributed by atoms with E-state index in [-0.39, 0.29) is 23.6 Å². The molecule has 0 unspecified atom stereocenters. The molecule has 0 aliphatic rings. The van der Waals surface area contributed by atoms with Gasteiger partial charge in [0.05, 0.1) is 13.0 Å². The van der Waals surface area contributed by atoms with Crippen LogP contribution in [0.25, 0.3) is 0 Å². The van der Waals surface area contributed by atoms with Gasteiger partial charge in [0.15, 0.2) is 0 Å². The van der Waals surface area contributed by atoms with Crippen LogP contribution in [0.1, 0.15) is 38.7 Å². The zero-order valence-electron chi connectivity index (χ0n) is 12.6. The van der Waals surface area contributed by atoms with Crippen molar-refractivity contribution in [3.8, 4) is 0 Å². The van der Waals surface area contributed by atoms with Gasteiger partial charge < -0.3 is 4.74 Å². The molecule has 1 aromatic carbocycles. The van der Waals surface area contributed by atoms with Gasteiger partial charge >= 0.3 is 5.97 Å². The zero-order valence-corrected chi connectivity index (χ0v) is 12.6. The fourth-order valence-electron chi connectivity index (χ4n) is 2.32. The fraction of sp³-hybridized carbons (Fsp3) is 0.529. The van der Waals surface area contributed by atoms with Crippen LogP contribution in [0.15, 0.2) is 30.3 Å². The lowest BCUT2D eigenvalue weighted by molar-refractivity contribution is -0.145. The molecule has 0 spiro atoms. The molecule has 0 bridgehead atoms. The Morgan fingerprint density at radius 1 is 1.10 bits per heavy atom. The van der Waals surface area contributed by atoms with Gasteiger partial charge in [0.1, 0.15) is 5.78 Å². The molecular weight excluding hydrogens is 252 g/mol. The van der Waals surface area contributed by atoms with E-state index in [1.54, 1.807) is 6.92 Å². The Labute approximate surface area is 121 Å². The molecule has 1 aromatic rings. The number of rotatable bonds is 8. The van der Waals surface area contributed by atoms with Gasteiger partial charge in [-0.05, 0) is 24.8 Å². The number of Topliss-reactive ketones (excluding diaryl/α,β-unsaturated/α-hetero) is 1. The number of ether oxygens (including phenoxy) is 1. The van der Waals surface area contributed by atoms with Gasteiger partial charge in [0.25, 0.3) is 0 Å². The monoisotopic (exact) mass is 276 g/mol. The summed E-state index contributed by atoms with van der Waals surface area (Å²) < 4.78 is 4.68. The number of hydrogen-bond donors (Lipinski definition) is 0. The van der Waals surface area contributed by atoms with E-state index in [1.807, 2.05) is 25.1 Å². The summed E-state index contributed by atoms with van der Waals surface area (Å²) in [6.07, 6.45) is 2.92. The standard InChI is InChI=1S/C17H24O3/c1-13(12-14(2)17(19)20-3)16(18)11-7-10-15-8-5-4-6-9-15/h4-6,8-9,13-14H,7,10-12H2,1-3H3/t13-,14+/m0/s1. The highest BCUT2D eigenvalue weighted by Gasteiger charge is 2.20. The number of carbonyl (C=O) groups is 2. The van der Waals surface area contributed by atoms with Crippen molar-refractivity contribution in [1.29, 1.82) is 0 Å². The lowest BCUT2D eigenvalue weighted by Gasteiger charge is -2.14. The van der Waals surface area contributed by atoms with Gasteiger partial charge in [0, 0.05) is 12.3 Å². The summed E-state index contributed by atoms with van der Waals surface area (Å²) in [6.45, 7) is 3.70. The maximum Gasteiger partial charge on any atom is 0.308 e. The van der Waals surface area contributed by atoms with E-state index < -0.39 is 0 Å². The van der Waals surface area contributed by atoms with E-state index in [0.717, 1.165) is 12.8 Å². The molecule has 0 heterocycles. The van der Waals surface area contributed by atoms with Crippen LogP contribution in [0, 0.1) is 11.8 Å².